The summed E-state index contributed by atoms with van der Waals surface area (Å²) in [6.45, 7) is 6.21. The molecule has 5 heteroatoms. The summed E-state index contributed by atoms with van der Waals surface area (Å²) in [6.07, 6.45) is 5.65. The number of hydrogen-bond donors (Lipinski definition) is 1. The highest BCUT2D eigenvalue weighted by atomic mass is 35.5. The maximum Gasteiger partial charge on any atom is 0.0820 e. The predicted octanol–water partition coefficient (Wildman–Crippen LogP) is 2.59. The summed E-state index contributed by atoms with van der Waals surface area (Å²) >= 11 is 6.42. The number of aromatic nitrogens is 2. The van der Waals surface area contributed by atoms with Crippen molar-refractivity contribution in [3.63, 3.8) is 0 Å². The molecule has 0 aromatic carbocycles. The maximum absolute atomic E-state index is 6.42. The number of hydrogen-bond acceptors (Lipinski definition) is 3. The Morgan fingerprint density at radius 1 is 1.45 bits per heavy atom. The first-order valence-electron chi connectivity index (χ1n) is 7.70. The Bertz CT molecular complexity index is 416. The molecule has 1 fully saturated rings. The van der Waals surface area contributed by atoms with Crippen LogP contribution in [0.25, 0.3) is 0 Å². The van der Waals surface area contributed by atoms with E-state index >= 15 is 0 Å². The first kappa shape index (κ1) is 15.8. The van der Waals surface area contributed by atoms with E-state index < -0.39 is 0 Å². The Hall–Kier alpha value is -0.580. The molecule has 0 aliphatic heterocycles. The third-order valence-electron chi connectivity index (χ3n) is 4.26. The van der Waals surface area contributed by atoms with E-state index in [2.05, 4.69) is 41.0 Å². The molecule has 1 aromatic rings. The maximum atomic E-state index is 6.42. The van der Waals surface area contributed by atoms with Crippen molar-refractivity contribution in [3.05, 3.63) is 16.9 Å². The smallest absolute Gasteiger partial charge is 0.0820 e. The van der Waals surface area contributed by atoms with Crippen LogP contribution in [0.2, 0.25) is 5.02 Å². The van der Waals surface area contributed by atoms with E-state index in [1.807, 2.05) is 6.20 Å². The van der Waals surface area contributed by atoms with Gasteiger partial charge >= 0.3 is 0 Å². The quantitative estimate of drug-likeness (QED) is 0.840. The summed E-state index contributed by atoms with van der Waals surface area (Å²) in [5.41, 5.74) is 1.26. The lowest BCUT2D eigenvalue weighted by Gasteiger charge is -2.22. The highest BCUT2D eigenvalue weighted by Crippen LogP contribution is 2.41. The molecule has 0 amide bonds. The molecule has 1 aromatic heterocycles. The van der Waals surface area contributed by atoms with Gasteiger partial charge in [0.25, 0.3) is 0 Å². The lowest BCUT2D eigenvalue weighted by atomic mass is 9.92. The zero-order chi connectivity index (χ0) is 14.5. The molecule has 1 aliphatic rings. The van der Waals surface area contributed by atoms with Crippen LogP contribution in [0.5, 0.6) is 0 Å². The van der Waals surface area contributed by atoms with Gasteiger partial charge in [0.15, 0.2) is 0 Å². The van der Waals surface area contributed by atoms with Crippen molar-refractivity contribution in [2.24, 2.45) is 5.92 Å². The fraction of sp³-hybridized carbons (Fsp3) is 0.800. The third-order valence-corrected chi connectivity index (χ3v) is 4.55. The summed E-state index contributed by atoms with van der Waals surface area (Å²) in [5, 5.41) is 8.82. The summed E-state index contributed by atoms with van der Waals surface area (Å²) in [7, 11) is 4.18. The van der Waals surface area contributed by atoms with E-state index in [-0.39, 0.29) is 0 Å². The van der Waals surface area contributed by atoms with Crippen LogP contribution in [0, 0.1) is 5.92 Å². The lowest BCUT2D eigenvalue weighted by Crippen LogP contribution is -2.26. The molecule has 0 spiro atoms. The van der Waals surface area contributed by atoms with Gasteiger partial charge in [-0.3, -0.25) is 4.68 Å². The second-order valence-electron chi connectivity index (χ2n) is 6.01. The van der Waals surface area contributed by atoms with Gasteiger partial charge in [0.05, 0.1) is 23.5 Å². The molecular weight excluding hydrogens is 272 g/mol. The fourth-order valence-electron chi connectivity index (χ4n) is 3.18. The highest BCUT2D eigenvalue weighted by Gasteiger charge is 2.32. The average molecular weight is 299 g/mol. The standard InChI is InChI=1S/C15H27ClN4/c1-4-17-10-12-6-5-7-13(12)15-14(16)11-18-20(15)9-8-19(2)3/h11-13,17H,4-10H2,1-3H3. The molecule has 0 bridgehead atoms. The van der Waals surface area contributed by atoms with Gasteiger partial charge in [-0.05, 0) is 45.9 Å². The molecule has 1 heterocycles. The minimum absolute atomic E-state index is 0.561. The lowest BCUT2D eigenvalue weighted by molar-refractivity contribution is 0.358. The fourth-order valence-corrected chi connectivity index (χ4v) is 3.47. The van der Waals surface area contributed by atoms with Gasteiger partial charge in [-0.1, -0.05) is 24.9 Å². The second kappa shape index (κ2) is 7.43. The van der Waals surface area contributed by atoms with E-state index in [9.17, 15) is 0 Å². The van der Waals surface area contributed by atoms with Crippen LogP contribution in [-0.4, -0.2) is 48.4 Å². The van der Waals surface area contributed by atoms with Gasteiger partial charge < -0.3 is 10.2 Å². The molecule has 0 saturated heterocycles. The van der Waals surface area contributed by atoms with Crippen LogP contribution in [0.15, 0.2) is 6.20 Å². The molecule has 1 saturated carbocycles. The van der Waals surface area contributed by atoms with Crippen molar-refractivity contribution in [2.45, 2.75) is 38.6 Å². The van der Waals surface area contributed by atoms with Crippen molar-refractivity contribution in [1.82, 2.24) is 20.0 Å². The van der Waals surface area contributed by atoms with Crippen LogP contribution in [0.3, 0.4) is 0 Å². The number of likely N-dealkylation sites (N-methyl/N-ethyl adjacent to an activating group) is 1. The van der Waals surface area contributed by atoms with Crippen LogP contribution in [-0.2, 0) is 6.54 Å². The van der Waals surface area contributed by atoms with Gasteiger partial charge in [0.1, 0.15) is 0 Å². The molecule has 114 valence electrons. The zero-order valence-electron chi connectivity index (χ0n) is 12.9. The number of nitrogens with zero attached hydrogens (tertiary/aromatic N) is 3. The largest absolute Gasteiger partial charge is 0.317 e. The number of rotatable bonds is 7. The van der Waals surface area contributed by atoms with Crippen molar-refractivity contribution in [3.8, 4) is 0 Å². The predicted molar refractivity (Wildman–Crippen MR) is 84.4 cm³/mol. The van der Waals surface area contributed by atoms with Gasteiger partial charge in [-0.25, -0.2) is 0 Å². The third kappa shape index (κ3) is 3.74. The Labute approximate surface area is 127 Å². The summed E-state index contributed by atoms with van der Waals surface area (Å²) in [5.74, 6) is 1.26. The van der Waals surface area contributed by atoms with Crippen LogP contribution in [0.1, 0.15) is 37.8 Å². The molecule has 1 aliphatic carbocycles. The van der Waals surface area contributed by atoms with E-state index in [0.717, 1.165) is 31.2 Å². The summed E-state index contributed by atoms with van der Waals surface area (Å²) in [6, 6.07) is 0. The van der Waals surface area contributed by atoms with Crippen molar-refractivity contribution < 1.29 is 0 Å². The molecule has 4 nitrogen and oxygen atoms in total. The normalized spacial score (nSPS) is 22.9. The van der Waals surface area contributed by atoms with E-state index in [1.165, 1.54) is 25.0 Å². The van der Waals surface area contributed by atoms with Gasteiger partial charge in [0, 0.05) is 12.5 Å². The second-order valence-corrected chi connectivity index (χ2v) is 6.42. The van der Waals surface area contributed by atoms with E-state index in [4.69, 9.17) is 11.6 Å². The van der Waals surface area contributed by atoms with Crippen molar-refractivity contribution in [2.75, 3.05) is 33.7 Å². The Morgan fingerprint density at radius 2 is 2.25 bits per heavy atom. The van der Waals surface area contributed by atoms with Gasteiger partial charge in [-0.15, -0.1) is 0 Å². The molecule has 20 heavy (non-hydrogen) atoms. The highest BCUT2D eigenvalue weighted by molar-refractivity contribution is 6.31. The molecule has 2 rings (SSSR count). The first-order valence-corrected chi connectivity index (χ1v) is 8.08. The van der Waals surface area contributed by atoms with Crippen LogP contribution >= 0.6 is 11.6 Å². The molecule has 1 N–H and O–H groups in total. The first-order chi connectivity index (χ1) is 9.63. The average Bonchev–Trinajstić information content (AvgIpc) is 3.00. The topological polar surface area (TPSA) is 33.1 Å². The number of halogens is 1. The van der Waals surface area contributed by atoms with Crippen LogP contribution in [0.4, 0.5) is 0 Å². The molecular formula is C15H27ClN4. The summed E-state index contributed by atoms with van der Waals surface area (Å²) < 4.78 is 2.12. The van der Waals surface area contributed by atoms with Gasteiger partial charge in [-0.2, -0.15) is 5.10 Å². The Morgan fingerprint density at radius 3 is 2.95 bits per heavy atom. The summed E-state index contributed by atoms with van der Waals surface area (Å²) in [4.78, 5) is 2.18. The van der Waals surface area contributed by atoms with Gasteiger partial charge in [0.2, 0.25) is 0 Å². The molecule has 2 atom stereocenters. The van der Waals surface area contributed by atoms with Crippen molar-refractivity contribution >= 4 is 11.6 Å². The van der Waals surface area contributed by atoms with Crippen LogP contribution < -0.4 is 5.32 Å². The van der Waals surface area contributed by atoms with E-state index in [1.54, 1.807) is 0 Å². The monoisotopic (exact) mass is 298 g/mol. The number of nitrogens with one attached hydrogen (secondary N) is 1. The van der Waals surface area contributed by atoms with Crippen molar-refractivity contribution in [1.29, 1.82) is 0 Å². The Kier molecular flexibility index (Phi) is 5.87. The SMILES string of the molecule is CCNCC1CCCC1c1c(Cl)cnn1CCN(C)C. The molecule has 2 unspecified atom stereocenters. The zero-order valence-corrected chi connectivity index (χ0v) is 13.7. The van der Waals surface area contributed by atoms with E-state index in [0.29, 0.717) is 11.8 Å². The molecule has 0 radical (unpaired) electrons. The minimum Gasteiger partial charge on any atom is -0.317 e. The Balaban J connectivity index is 2.11. The minimum atomic E-state index is 0.561.